The molecule has 1 heteroatoms. The van der Waals surface area contributed by atoms with E-state index in [1.54, 1.807) is 0 Å². The highest BCUT2D eigenvalue weighted by atomic mass is 31.0. The molecule has 1 fully saturated rings. The Morgan fingerprint density at radius 3 is 1.86 bits per heavy atom. The molecule has 0 bridgehead atoms. The highest BCUT2D eigenvalue weighted by Gasteiger charge is 2.06. The normalized spacial score (nSPS) is 25.3. The third kappa shape index (κ3) is 1.78. The molecule has 1 aliphatic carbocycles. The lowest BCUT2D eigenvalue weighted by Crippen LogP contribution is -2.02. The van der Waals surface area contributed by atoms with Crippen LogP contribution in [0.3, 0.4) is 0 Å². The summed E-state index contributed by atoms with van der Waals surface area (Å²) < 4.78 is 0. The van der Waals surface area contributed by atoms with Gasteiger partial charge in [-0.1, -0.05) is 28.5 Å². The maximum Gasteiger partial charge on any atom is -0.0200 e. The molecular weight excluding hydrogens is 103 g/mol. The summed E-state index contributed by atoms with van der Waals surface area (Å²) in [5.41, 5.74) is 0.841. The molecule has 1 radical (unpaired) electrons. The zero-order valence-corrected chi connectivity index (χ0v) is 5.61. The van der Waals surface area contributed by atoms with Crippen LogP contribution in [0, 0.1) is 0 Å². The summed E-state index contributed by atoms with van der Waals surface area (Å²) in [4.78, 5) is 0. The van der Waals surface area contributed by atoms with Gasteiger partial charge in [0.15, 0.2) is 0 Å². The Bertz CT molecular complexity index is 46.1. The van der Waals surface area contributed by atoms with Crippen molar-refractivity contribution in [1.29, 1.82) is 0 Å². The van der Waals surface area contributed by atoms with Crippen LogP contribution in [0.1, 0.15) is 32.1 Å². The van der Waals surface area contributed by atoms with E-state index in [1.165, 1.54) is 32.1 Å². The summed E-state index contributed by atoms with van der Waals surface area (Å²) in [6, 6.07) is 0. The molecule has 41 valence electrons. The molecule has 0 unspecified atom stereocenters. The Morgan fingerprint density at radius 1 is 1.00 bits per heavy atom. The summed E-state index contributed by atoms with van der Waals surface area (Å²) >= 11 is 0. The van der Waals surface area contributed by atoms with E-state index in [-0.39, 0.29) is 0 Å². The number of rotatable bonds is 0. The highest BCUT2D eigenvalue weighted by Crippen LogP contribution is 2.23. The molecule has 0 saturated heterocycles. The van der Waals surface area contributed by atoms with Gasteiger partial charge < -0.3 is 0 Å². The molecule has 0 heterocycles. The third-order valence-corrected chi connectivity index (χ3v) is 2.18. The molecular formula is C6H12P. The molecule has 1 saturated carbocycles. The van der Waals surface area contributed by atoms with Crippen LogP contribution >= 0.6 is 9.24 Å². The van der Waals surface area contributed by atoms with Gasteiger partial charge >= 0.3 is 0 Å². The fraction of sp³-hybridized carbons (Fsp3) is 1.00. The van der Waals surface area contributed by atoms with Gasteiger partial charge in [0.1, 0.15) is 0 Å². The first-order valence-electron chi connectivity index (χ1n) is 3.11. The molecule has 0 aromatic heterocycles. The van der Waals surface area contributed by atoms with Gasteiger partial charge in [0.25, 0.3) is 0 Å². The predicted molar refractivity (Wildman–Crippen MR) is 35.2 cm³/mol. The van der Waals surface area contributed by atoms with Crippen molar-refractivity contribution in [1.82, 2.24) is 0 Å². The Hall–Kier alpha value is 0.430. The molecule has 0 N–H and O–H groups in total. The summed E-state index contributed by atoms with van der Waals surface area (Å²) in [6.45, 7) is 0. The van der Waals surface area contributed by atoms with Crippen molar-refractivity contribution in [2.24, 2.45) is 0 Å². The minimum atomic E-state index is 0.841. The molecule has 7 heavy (non-hydrogen) atoms. The second kappa shape index (κ2) is 2.67. The fourth-order valence-corrected chi connectivity index (χ4v) is 1.51. The lowest BCUT2D eigenvalue weighted by Gasteiger charge is -2.14. The average molecular weight is 115 g/mol. The molecule has 0 aromatic carbocycles. The second-order valence-electron chi connectivity index (χ2n) is 2.33. The van der Waals surface area contributed by atoms with Crippen molar-refractivity contribution in [3.05, 3.63) is 0 Å². The van der Waals surface area contributed by atoms with Crippen LogP contribution < -0.4 is 0 Å². The Kier molecular flexibility index (Phi) is 2.12. The van der Waals surface area contributed by atoms with Crippen molar-refractivity contribution in [2.75, 3.05) is 0 Å². The van der Waals surface area contributed by atoms with Crippen LogP contribution in [0.25, 0.3) is 0 Å². The number of hydrogen-bond acceptors (Lipinski definition) is 0. The van der Waals surface area contributed by atoms with Crippen LogP contribution in [0.5, 0.6) is 0 Å². The fourth-order valence-electron chi connectivity index (χ4n) is 1.10. The summed E-state index contributed by atoms with van der Waals surface area (Å²) in [5.74, 6) is 0. The standard InChI is InChI=1S/C6H12P/c7-6-4-2-1-3-5-6/h6-7H,1-5H2. The highest BCUT2D eigenvalue weighted by molar-refractivity contribution is 7.17. The maximum absolute atomic E-state index is 3.63. The van der Waals surface area contributed by atoms with E-state index in [4.69, 9.17) is 0 Å². The van der Waals surface area contributed by atoms with Gasteiger partial charge in [-0.2, -0.15) is 0 Å². The van der Waals surface area contributed by atoms with E-state index in [0.29, 0.717) is 0 Å². The summed E-state index contributed by atoms with van der Waals surface area (Å²) in [5, 5.41) is 0. The van der Waals surface area contributed by atoms with Crippen molar-refractivity contribution in [2.45, 2.75) is 37.8 Å². The van der Waals surface area contributed by atoms with Gasteiger partial charge in [-0.25, -0.2) is 0 Å². The monoisotopic (exact) mass is 115 g/mol. The van der Waals surface area contributed by atoms with Gasteiger partial charge in [-0.15, -0.1) is 0 Å². The molecule has 0 atom stereocenters. The van der Waals surface area contributed by atoms with Crippen molar-refractivity contribution in [3.63, 3.8) is 0 Å². The SMILES string of the molecule is [PH]C1CCCCC1. The van der Waals surface area contributed by atoms with Gasteiger partial charge in [0.05, 0.1) is 0 Å². The van der Waals surface area contributed by atoms with E-state index in [0.717, 1.165) is 5.66 Å². The van der Waals surface area contributed by atoms with E-state index in [2.05, 4.69) is 9.24 Å². The largest absolute Gasteiger partial charge is 0.0958 e. The van der Waals surface area contributed by atoms with E-state index in [1.807, 2.05) is 0 Å². The maximum atomic E-state index is 3.63. The van der Waals surface area contributed by atoms with Gasteiger partial charge in [0, 0.05) is 0 Å². The molecule has 0 aliphatic heterocycles. The van der Waals surface area contributed by atoms with Gasteiger partial charge in [-0.3, -0.25) is 0 Å². The Labute approximate surface area is 47.9 Å². The van der Waals surface area contributed by atoms with Crippen LogP contribution in [0.15, 0.2) is 0 Å². The molecule has 0 aromatic rings. The number of hydrogen-bond donors (Lipinski definition) is 0. The van der Waals surface area contributed by atoms with Crippen molar-refractivity contribution >= 4 is 9.24 Å². The smallest absolute Gasteiger partial charge is 0.0200 e. The zero-order chi connectivity index (χ0) is 5.11. The minimum absolute atomic E-state index is 0.841. The Morgan fingerprint density at radius 2 is 1.57 bits per heavy atom. The van der Waals surface area contributed by atoms with Gasteiger partial charge in [0.2, 0.25) is 0 Å². The predicted octanol–water partition coefficient (Wildman–Crippen LogP) is 2.46. The summed E-state index contributed by atoms with van der Waals surface area (Å²) in [7, 11) is 3.63. The minimum Gasteiger partial charge on any atom is -0.0958 e. The lowest BCUT2D eigenvalue weighted by molar-refractivity contribution is 0.516. The van der Waals surface area contributed by atoms with Crippen LogP contribution in [0.4, 0.5) is 0 Å². The Balaban J connectivity index is 2.12. The van der Waals surface area contributed by atoms with Crippen LogP contribution in [-0.4, -0.2) is 5.66 Å². The lowest BCUT2D eigenvalue weighted by atomic mass is 10.0. The summed E-state index contributed by atoms with van der Waals surface area (Å²) in [6.07, 6.45) is 7.14. The molecule has 1 rings (SSSR count). The topological polar surface area (TPSA) is 0 Å². The molecule has 0 amide bonds. The van der Waals surface area contributed by atoms with Gasteiger partial charge in [-0.05, 0) is 18.5 Å². The van der Waals surface area contributed by atoms with Crippen molar-refractivity contribution < 1.29 is 0 Å². The zero-order valence-electron chi connectivity index (χ0n) is 4.61. The molecule has 1 aliphatic rings. The second-order valence-corrected chi connectivity index (χ2v) is 3.15. The molecule has 0 nitrogen and oxygen atoms in total. The first-order valence-corrected chi connectivity index (χ1v) is 3.68. The third-order valence-electron chi connectivity index (χ3n) is 1.61. The van der Waals surface area contributed by atoms with E-state index >= 15 is 0 Å². The van der Waals surface area contributed by atoms with Crippen molar-refractivity contribution in [3.8, 4) is 0 Å². The van der Waals surface area contributed by atoms with E-state index < -0.39 is 0 Å². The van der Waals surface area contributed by atoms with Crippen LogP contribution in [0.2, 0.25) is 0 Å². The quantitative estimate of drug-likeness (QED) is 0.425. The first-order chi connectivity index (χ1) is 3.39. The van der Waals surface area contributed by atoms with E-state index in [9.17, 15) is 0 Å². The first kappa shape index (κ1) is 5.56. The molecule has 0 spiro atoms. The average Bonchev–Trinajstić information content (AvgIpc) is 1.69. The van der Waals surface area contributed by atoms with Crippen LogP contribution in [-0.2, 0) is 0 Å².